The Labute approximate surface area is 188 Å². The van der Waals surface area contributed by atoms with E-state index in [1.165, 1.54) is 37.3 Å². The summed E-state index contributed by atoms with van der Waals surface area (Å²) in [7, 11) is 3.24. The standard InChI is InChI=1S/C23H32N4O3S/c1-17-21(31-22(24-17)18-6-7-19(29-2)20(16-18)30-3)23(28)27-14-12-26(13-15-27)11-10-25-8-4-5-9-25/h6-7,16H,4-5,8-15H2,1-3H3. The minimum Gasteiger partial charge on any atom is -0.493 e. The number of methoxy groups -OCH3 is 2. The third-order valence-electron chi connectivity index (χ3n) is 6.21. The van der Waals surface area contributed by atoms with E-state index in [4.69, 9.17) is 9.47 Å². The molecule has 0 unspecified atom stereocenters. The molecule has 2 aliphatic rings. The van der Waals surface area contributed by atoms with Gasteiger partial charge in [-0.2, -0.15) is 0 Å². The second-order valence-corrected chi connectivity index (χ2v) is 9.18. The van der Waals surface area contributed by atoms with Crippen LogP contribution < -0.4 is 9.47 Å². The number of hydrogen-bond acceptors (Lipinski definition) is 7. The molecule has 0 N–H and O–H groups in total. The number of ether oxygens (including phenoxy) is 2. The SMILES string of the molecule is COc1ccc(-c2nc(C)c(C(=O)N3CCN(CCN4CCCC4)CC3)s2)cc1OC. The number of aromatic nitrogens is 1. The fraction of sp³-hybridized carbons (Fsp3) is 0.565. The summed E-state index contributed by atoms with van der Waals surface area (Å²) in [6.45, 7) is 10.1. The second-order valence-electron chi connectivity index (χ2n) is 8.19. The fourth-order valence-corrected chi connectivity index (χ4v) is 5.33. The molecule has 7 nitrogen and oxygen atoms in total. The number of nitrogens with zero attached hydrogens (tertiary/aromatic N) is 4. The summed E-state index contributed by atoms with van der Waals surface area (Å²) in [6, 6.07) is 5.73. The van der Waals surface area contributed by atoms with Gasteiger partial charge in [-0.3, -0.25) is 9.69 Å². The lowest BCUT2D eigenvalue weighted by Gasteiger charge is -2.35. The number of hydrogen-bond donors (Lipinski definition) is 0. The molecule has 4 rings (SSSR count). The molecule has 2 aliphatic heterocycles. The van der Waals surface area contributed by atoms with E-state index in [0.717, 1.165) is 60.4 Å². The molecule has 1 aromatic carbocycles. The van der Waals surface area contributed by atoms with E-state index in [-0.39, 0.29) is 5.91 Å². The second kappa shape index (κ2) is 9.97. The smallest absolute Gasteiger partial charge is 0.265 e. The zero-order valence-electron chi connectivity index (χ0n) is 18.7. The monoisotopic (exact) mass is 444 g/mol. The fourth-order valence-electron chi connectivity index (χ4n) is 4.29. The first-order valence-electron chi connectivity index (χ1n) is 11.0. The van der Waals surface area contributed by atoms with Crippen LogP contribution in [-0.2, 0) is 0 Å². The predicted molar refractivity (Wildman–Crippen MR) is 123 cm³/mol. The lowest BCUT2D eigenvalue weighted by Crippen LogP contribution is -2.50. The van der Waals surface area contributed by atoms with Gasteiger partial charge >= 0.3 is 0 Å². The lowest BCUT2D eigenvalue weighted by atomic mass is 10.2. The summed E-state index contributed by atoms with van der Waals surface area (Å²) in [4.78, 5) is 25.6. The first-order chi connectivity index (χ1) is 15.1. The molecule has 3 heterocycles. The largest absolute Gasteiger partial charge is 0.493 e. The summed E-state index contributed by atoms with van der Waals surface area (Å²) in [5.74, 6) is 1.44. The van der Waals surface area contributed by atoms with Gasteiger partial charge in [-0.1, -0.05) is 0 Å². The van der Waals surface area contributed by atoms with Crippen molar-refractivity contribution in [1.82, 2.24) is 19.7 Å². The van der Waals surface area contributed by atoms with Crippen molar-refractivity contribution in [3.05, 3.63) is 28.8 Å². The van der Waals surface area contributed by atoms with Crippen LogP contribution in [0.1, 0.15) is 28.2 Å². The molecule has 168 valence electrons. The zero-order valence-corrected chi connectivity index (χ0v) is 19.5. The van der Waals surface area contributed by atoms with E-state index in [1.807, 2.05) is 30.0 Å². The van der Waals surface area contributed by atoms with Crippen molar-refractivity contribution in [2.45, 2.75) is 19.8 Å². The van der Waals surface area contributed by atoms with Crippen LogP contribution in [0.5, 0.6) is 11.5 Å². The summed E-state index contributed by atoms with van der Waals surface area (Å²) in [6.07, 6.45) is 2.67. The van der Waals surface area contributed by atoms with E-state index < -0.39 is 0 Å². The van der Waals surface area contributed by atoms with Gasteiger partial charge in [-0.25, -0.2) is 4.98 Å². The number of aryl methyl sites for hydroxylation is 1. The molecule has 0 saturated carbocycles. The molecule has 1 aromatic heterocycles. The maximum absolute atomic E-state index is 13.2. The molecular weight excluding hydrogens is 412 g/mol. The molecule has 0 aliphatic carbocycles. The first-order valence-corrected chi connectivity index (χ1v) is 11.8. The minimum absolute atomic E-state index is 0.0981. The van der Waals surface area contributed by atoms with Gasteiger partial charge in [-0.15, -0.1) is 11.3 Å². The number of thiazole rings is 1. The normalized spacial score (nSPS) is 17.8. The van der Waals surface area contributed by atoms with Crippen LogP contribution in [0, 0.1) is 6.92 Å². The van der Waals surface area contributed by atoms with E-state index in [2.05, 4.69) is 14.8 Å². The van der Waals surface area contributed by atoms with Gasteiger partial charge in [0.05, 0.1) is 19.9 Å². The lowest BCUT2D eigenvalue weighted by molar-refractivity contribution is 0.0630. The molecule has 0 bridgehead atoms. The molecule has 0 spiro atoms. The van der Waals surface area contributed by atoms with Crippen molar-refractivity contribution in [2.75, 3.05) is 66.6 Å². The van der Waals surface area contributed by atoms with E-state index in [1.54, 1.807) is 14.2 Å². The number of benzene rings is 1. The minimum atomic E-state index is 0.0981. The quantitative estimate of drug-likeness (QED) is 0.654. The molecule has 2 fully saturated rings. The van der Waals surface area contributed by atoms with Crippen molar-refractivity contribution in [3.8, 4) is 22.1 Å². The Balaban J connectivity index is 1.38. The van der Waals surface area contributed by atoms with E-state index in [0.29, 0.717) is 11.5 Å². The summed E-state index contributed by atoms with van der Waals surface area (Å²) in [5, 5.41) is 0.825. The van der Waals surface area contributed by atoms with Gasteiger partial charge in [-0.05, 0) is 51.1 Å². The number of rotatable bonds is 7. The molecule has 8 heteroatoms. The maximum Gasteiger partial charge on any atom is 0.265 e. The Kier molecular flexibility index (Phi) is 7.09. The Hall–Kier alpha value is -2.16. The summed E-state index contributed by atoms with van der Waals surface area (Å²) < 4.78 is 10.7. The van der Waals surface area contributed by atoms with Crippen LogP contribution in [0.2, 0.25) is 0 Å². The average molecular weight is 445 g/mol. The molecular formula is C23H32N4O3S. The van der Waals surface area contributed by atoms with Crippen molar-refractivity contribution >= 4 is 17.2 Å². The molecule has 1 amide bonds. The predicted octanol–water partition coefficient (Wildman–Crippen LogP) is 2.99. The highest BCUT2D eigenvalue weighted by molar-refractivity contribution is 7.17. The van der Waals surface area contributed by atoms with Crippen LogP contribution in [-0.4, -0.2) is 92.2 Å². The Morgan fingerprint density at radius 2 is 1.61 bits per heavy atom. The van der Waals surface area contributed by atoms with Crippen LogP contribution in [0.4, 0.5) is 0 Å². The van der Waals surface area contributed by atoms with Gasteiger partial charge in [0, 0.05) is 44.8 Å². The van der Waals surface area contributed by atoms with Crippen LogP contribution >= 0.6 is 11.3 Å². The van der Waals surface area contributed by atoms with Crippen molar-refractivity contribution in [1.29, 1.82) is 0 Å². The molecule has 0 radical (unpaired) electrons. The highest BCUT2D eigenvalue weighted by atomic mass is 32.1. The van der Waals surface area contributed by atoms with Crippen molar-refractivity contribution in [3.63, 3.8) is 0 Å². The van der Waals surface area contributed by atoms with Crippen LogP contribution in [0.15, 0.2) is 18.2 Å². The Morgan fingerprint density at radius 1 is 0.968 bits per heavy atom. The molecule has 2 saturated heterocycles. The van der Waals surface area contributed by atoms with Gasteiger partial charge < -0.3 is 19.3 Å². The summed E-state index contributed by atoms with van der Waals surface area (Å²) >= 11 is 1.46. The Bertz CT molecular complexity index is 902. The number of carbonyl (C=O) groups excluding carboxylic acids is 1. The summed E-state index contributed by atoms with van der Waals surface area (Å²) in [5.41, 5.74) is 1.72. The van der Waals surface area contributed by atoms with E-state index >= 15 is 0 Å². The van der Waals surface area contributed by atoms with Crippen LogP contribution in [0.3, 0.4) is 0 Å². The highest BCUT2D eigenvalue weighted by Gasteiger charge is 2.26. The topological polar surface area (TPSA) is 58.1 Å². The van der Waals surface area contributed by atoms with Gasteiger partial charge in [0.1, 0.15) is 9.88 Å². The van der Waals surface area contributed by atoms with Gasteiger partial charge in [0.25, 0.3) is 5.91 Å². The molecule has 0 atom stereocenters. The van der Waals surface area contributed by atoms with E-state index in [9.17, 15) is 4.79 Å². The highest BCUT2D eigenvalue weighted by Crippen LogP contribution is 2.35. The molecule has 2 aromatic rings. The third kappa shape index (κ3) is 5.02. The third-order valence-corrected chi connectivity index (χ3v) is 7.41. The van der Waals surface area contributed by atoms with Crippen LogP contribution in [0.25, 0.3) is 10.6 Å². The maximum atomic E-state index is 13.2. The number of likely N-dealkylation sites (tertiary alicyclic amines) is 1. The van der Waals surface area contributed by atoms with Gasteiger partial charge in [0.15, 0.2) is 11.5 Å². The first kappa shape index (κ1) is 22.0. The average Bonchev–Trinajstić information content (AvgIpc) is 3.47. The van der Waals surface area contributed by atoms with Crippen molar-refractivity contribution in [2.24, 2.45) is 0 Å². The number of piperazine rings is 1. The van der Waals surface area contributed by atoms with Gasteiger partial charge in [0.2, 0.25) is 0 Å². The number of amides is 1. The molecule has 31 heavy (non-hydrogen) atoms. The Morgan fingerprint density at radius 3 is 2.26 bits per heavy atom. The zero-order chi connectivity index (χ0) is 21.8. The number of carbonyl (C=O) groups is 1. The van der Waals surface area contributed by atoms with Crippen molar-refractivity contribution < 1.29 is 14.3 Å².